The van der Waals surface area contributed by atoms with Gasteiger partial charge in [-0.25, -0.2) is 0 Å². The van der Waals surface area contributed by atoms with E-state index in [1.807, 2.05) is 24.3 Å². The van der Waals surface area contributed by atoms with Crippen LogP contribution in [0.25, 0.3) is 0 Å². The molecule has 0 saturated carbocycles. The number of aryl methyl sites for hydroxylation is 1. The zero-order chi connectivity index (χ0) is 22.5. The minimum atomic E-state index is -0.604. The number of amides is 2. The number of hydrogen-bond acceptors (Lipinski definition) is 8. The molecule has 32 heavy (non-hydrogen) atoms. The fourth-order valence-electron chi connectivity index (χ4n) is 3.06. The second-order valence-electron chi connectivity index (χ2n) is 6.90. The summed E-state index contributed by atoms with van der Waals surface area (Å²) in [4.78, 5) is 38.1. The summed E-state index contributed by atoms with van der Waals surface area (Å²) in [6, 6.07) is 14.5. The maximum Gasteiger partial charge on any atom is 0.326 e. The van der Waals surface area contributed by atoms with Gasteiger partial charge in [-0.15, -0.1) is 10.2 Å². The molecule has 2 aromatic carbocycles. The van der Waals surface area contributed by atoms with Crippen LogP contribution >= 0.6 is 11.3 Å². The number of aromatic nitrogens is 2. The lowest BCUT2D eigenvalue weighted by molar-refractivity contribution is -0.144. The highest BCUT2D eigenvalue weighted by Gasteiger charge is 2.27. The largest absolute Gasteiger partial charge is 0.482 e. The van der Waals surface area contributed by atoms with Gasteiger partial charge in [0.05, 0.1) is 5.69 Å². The minimum absolute atomic E-state index is 0.139. The Kier molecular flexibility index (Phi) is 6.41. The molecule has 0 radical (unpaired) electrons. The predicted molar refractivity (Wildman–Crippen MR) is 118 cm³/mol. The number of nitrogens with zero attached hydrogens (tertiary/aromatic N) is 3. The van der Waals surface area contributed by atoms with Gasteiger partial charge in [0.25, 0.3) is 11.8 Å². The molecular weight excluding hydrogens is 432 g/mol. The van der Waals surface area contributed by atoms with Crippen LogP contribution in [-0.2, 0) is 27.4 Å². The Labute approximate surface area is 188 Å². The lowest BCUT2D eigenvalue weighted by Gasteiger charge is -2.28. The fraction of sp³-hybridized carbons (Fsp3) is 0.227. The number of carbonyl (C=O) groups is 3. The first-order chi connectivity index (χ1) is 15.5. The number of rotatable bonds is 7. The van der Waals surface area contributed by atoms with Gasteiger partial charge in [0.15, 0.2) is 11.6 Å². The minimum Gasteiger partial charge on any atom is -0.482 e. The van der Waals surface area contributed by atoms with Crippen molar-refractivity contribution in [2.45, 2.75) is 20.0 Å². The molecule has 2 heterocycles. The van der Waals surface area contributed by atoms with Crippen LogP contribution in [0, 0.1) is 0 Å². The Hall–Kier alpha value is -3.79. The zero-order valence-corrected chi connectivity index (χ0v) is 18.1. The second kappa shape index (κ2) is 9.56. The highest BCUT2D eigenvalue weighted by molar-refractivity contribution is 7.13. The third-order valence-electron chi connectivity index (χ3n) is 4.73. The van der Waals surface area contributed by atoms with Gasteiger partial charge in [-0.2, -0.15) is 0 Å². The van der Waals surface area contributed by atoms with Crippen LogP contribution in [-0.4, -0.2) is 41.1 Å². The highest BCUT2D eigenvalue weighted by atomic mass is 32.1. The molecule has 10 heteroatoms. The van der Waals surface area contributed by atoms with Crippen molar-refractivity contribution in [3.8, 4) is 5.75 Å². The standard InChI is InChI=1S/C22H20N4O5S/c1-2-14-7-9-15(10-8-14)23-21(29)22-25-24-18(32-22)12-31-20(28)11-26-16-5-3-4-6-17(16)30-13-19(26)27/h3-10H,2,11-13H2,1H3,(H,23,29). The summed E-state index contributed by atoms with van der Waals surface area (Å²) in [5, 5.41) is 11.1. The van der Waals surface area contributed by atoms with Crippen molar-refractivity contribution in [3.05, 3.63) is 64.1 Å². The molecule has 1 N–H and O–H groups in total. The first kappa shape index (κ1) is 21.4. The van der Waals surface area contributed by atoms with Gasteiger partial charge in [0.2, 0.25) is 5.01 Å². The zero-order valence-electron chi connectivity index (χ0n) is 17.2. The third-order valence-corrected chi connectivity index (χ3v) is 5.63. The van der Waals surface area contributed by atoms with Gasteiger partial charge in [0.1, 0.15) is 18.9 Å². The van der Waals surface area contributed by atoms with E-state index in [2.05, 4.69) is 22.4 Å². The van der Waals surface area contributed by atoms with E-state index in [0.717, 1.165) is 17.8 Å². The Morgan fingerprint density at radius 3 is 2.72 bits per heavy atom. The quantitative estimate of drug-likeness (QED) is 0.549. The molecule has 0 atom stereocenters. The lowest BCUT2D eigenvalue weighted by Crippen LogP contribution is -2.42. The van der Waals surface area contributed by atoms with Crippen LogP contribution in [0.3, 0.4) is 0 Å². The van der Waals surface area contributed by atoms with Gasteiger partial charge < -0.3 is 14.8 Å². The van der Waals surface area contributed by atoms with Gasteiger partial charge in [-0.05, 0) is 36.2 Å². The van der Waals surface area contributed by atoms with E-state index in [1.165, 1.54) is 10.5 Å². The van der Waals surface area contributed by atoms with Crippen LogP contribution in [0.15, 0.2) is 48.5 Å². The number of esters is 1. The van der Waals surface area contributed by atoms with Crippen molar-refractivity contribution in [2.75, 3.05) is 23.4 Å². The Bertz CT molecular complexity index is 1150. The van der Waals surface area contributed by atoms with E-state index < -0.39 is 5.97 Å². The molecule has 0 unspecified atom stereocenters. The van der Waals surface area contributed by atoms with Crippen LogP contribution in [0.4, 0.5) is 11.4 Å². The first-order valence-electron chi connectivity index (χ1n) is 9.94. The van der Waals surface area contributed by atoms with Gasteiger partial charge in [-0.3, -0.25) is 19.3 Å². The molecule has 2 amide bonds. The van der Waals surface area contributed by atoms with Crippen LogP contribution in [0.5, 0.6) is 5.75 Å². The molecule has 0 fully saturated rings. The molecule has 1 aromatic heterocycles. The number of fused-ring (bicyclic) bond motifs is 1. The van der Waals surface area contributed by atoms with Gasteiger partial charge in [-0.1, -0.05) is 42.5 Å². The van der Waals surface area contributed by atoms with E-state index in [1.54, 1.807) is 24.3 Å². The van der Waals surface area contributed by atoms with E-state index >= 15 is 0 Å². The van der Waals surface area contributed by atoms with Crippen molar-refractivity contribution < 1.29 is 23.9 Å². The van der Waals surface area contributed by atoms with Crippen molar-refractivity contribution >= 4 is 40.5 Å². The van der Waals surface area contributed by atoms with Crippen LogP contribution in [0.2, 0.25) is 0 Å². The molecule has 1 aliphatic rings. The summed E-state index contributed by atoms with van der Waals surface area (Å²) >= 11 is 1.03. The summed E-state index contributed by atoms with van der Waals surface area (Å²) in [5.74, 6) is -0.793. The number of para-hydroxylation sites is 2. The molecule has 9 nitrogen and oxygen atoms in total. The van der Waals surface area contributed by atoms with Crippen molar-refractivity contribution in [2.24, 2.45) is 0 Å². The molecule has 0 spiro atoms. The van der Waals surface area contributed by atoms with Gasteiger partial charge in [0, 0.05) is 5.69 Å². The van der Waals surface area contributed by atoms with E-state index in [9.17, 15) is 14.4 Å². The van der Waals surface area contributed by atoms with E-state index in [0.29, 0.717) is 22.1 Å². The van der Waals surface area contributed by atoms with Crippen LogP contribution < -0.4 is 15.0 Å². The number of anilines is 2. The van der Waals surface area contributed by atoms with Crippen molar-refractivity contribution in [1.82, 2.24) is 10.2 Å². The second-order valence-corrected chi connectivity index (χ2v) is 7.96. The molecule has 3 aromatic rings. The number of hydrogen-bond donors (Lipinski definition) is 1. The first-order valence-corrected chi connectivity index (χ1v) is 10.8. The monoisotopic (exact) mass is 452 g/mol. The van der Waals surface area contributed by atoms with Crippen molar-refractivity contribution in [3.63, 3.8) is 0 Å². The number of nitrogens with one attached hydrogen (secondary N) is 1. The highest BCUT2D eigenvalue weighted by Crippen LogP contribution is 2.31. The summed E-state index contributed by atoms with van der Waals surface area (Å²) in [6.07, 6.45) is 0.916. The average molecular weight is 452 g/mol. The SMILES string of the molecule is CCc1ccc(NC(=O)c2nnc(COC(=O)CN3C(=O)COc4ccccc43)s2)cc1. The van der Waals surface area contributed by atoms with E-state index in [4.69, 9.17) is 9.47 Å². The maximum atomic E-state index is 12.4. The molecular formula is C22H20N4O5S. The van der Waals surface area contributed by atoms with Crippen molar-refractivity contribution in [1.29, 1.82) is 0 Å². The molecule has 0 saturated heterocycles. The maximum absolute atomic E-state index is 12.4. The van der Waals surface area contributed by atoms with E-state index in [-0.39, 0.29) is 36.6 Å². The number of carbonyl (C=O) groups excluding carboxylic acids is 3. The third kappa shape index (κ3) is 4.92. The predicted octanol–water partition coefficient (Wildman–Crippen LogP) is 2.82. The summed E-state index contributed by atoms with van der Waals surface area (Å²) in [6.45, 7) is 1.52. The summed E-state index contributed by atoms with van der Waals surface area (Å²) in [7, 11) is 0. The lowest BCUT2D eigenvalue weighted by atomic mass is 10.1. The molecule has 0 bridgehead atoms. The molecule has 1 aliphatic heterocycles. The number of benzene rings is 2. The summed E-state index contributed by atoms with van der Waals surface area (Å²) in [5.41, 5.74) is 2.35. The molecule has 0 aliphatic carbocycles. The average Bonchev–Trinajstić information content (AvgIpc) is 3.29. The van der Waals surface area contributed by atoms with Gasteiger partial charge >= 0.3 is 5.97 Å². The smallest absolute Gasteiger partial charge is 0.326 e. The molecule has 4 rings (SSSR count). The fourth-order valence-corrected chi connectivity index (χ4v) is 3.70. The Morgan fingerprint density at radius 2 is 1.94 bits per heavy atom. The topological polar surface area (TPSA) is 111 Å². The normalized spacial score (nSPS) is 12.7. The Morgan fingerprint density at radius 1 is 1.16 bits per heavy atom. The summed E-state index contributed by atoms with van der Waals surface area (Å²) < 4.78 is 10.6. The number of ether oxygens (including phenoxy) is 2. The molecule has 164 valence electrons. The Balaban J connectivity index is 1.31. The van der Waals surface area contributed by atoms with Crippen LogP contribution in [0.1, 0.15) is 27.3 Å².